The number of rotatable bonds is 3. The zero-order valence-electron chi connectivity index (χ0n) is 9.31. The monoisotopic (exact) mass is 254 g/mol. The third-order valence-corrected chi connectivity index (χ3v) is 2.12. The fourth-order valence-electron chi connectivity index (χ4n) is 1.28. The molecule has 1 aromatic rings. The van der Waals surface area contributed by atoms with Crippen LogP contribution in [0, 0.1) is 34.1 Å². The van der Waals surface area contributed by atoms with E-state index in [0.29, 0.717) is 12.1 Å². The standard InChI is InChI=1S/C11H8F2N2O3/c1-3-4-14(2)11(16)8-5-7(12)6-9(10(8)13)15(17)18/h1,5-6H,4H2,2H3. The number of nitro benzene ring substituents is 1. The second-order valence-electron chi connectivity index (χ2n) is 3.41. The molecule has 5 nitrogen and oxygen atoms in total. The molecule has 1 rings (SSSR count). The van der Waals surface area contributed by atoms with Gasteiger partial charge in [0.05, 0.1) is 23.1 Å². The van der Waals surface area contributed by atoms with Crippen molar-refractivity contribution in [3.05, 3.63) is 39.4 Å². The van der Waals surface area contributed by atoms with Crippen LogP contribution in [-0.2, 0) is 0 Å². The fourth-order valence-corrected chi connectivity index (χ4v) is 1.28. The van der Waals surface area contributed by atoms with Gasteiger partial charge in [0.15, 0.2) is 0 Å². The number of hydrogen-bond acceptors (Lipinski definition) is 3. The van der Waals surface area contributed by atoms with Gasteiger partial charge in [-0.25, -0.2) is 4.39 Å². The Balaban J connectivity index is 3.29. The molecule has 1 amide bonds. The Bertz CT molecular complexity index is 552. The molecule has 0 aliphatic rings. The molecule has 0 N–H and O–H groups in total. The average Bonchev–Trinajstić information content (AvgIpc) is 2.30. The van der Waals surface area contributed by atoms with Crippen LogP contribution in [0.2, 0.25) is 0 Å². The first-order chi connectivity index (χ1) is 8.38. The van der Waals surface area contributed by atoms with Gasteiger partial charge >= 0.3 is 5.69 Å². The Morgan fingerprint density at radius 3 is 2.67 bits per heavy atom. The van der Waals surface area contributed by atoms with Crippen molar-refractivity contribution in [3.63, 3.8) is 0 Å². The smallest absolute Gasteiger partial charge is 0.308 e. The van der Waals surface area contributed by atoms with Gasteiger partial charge in [-0.05, 0) is 6.07 Å². The number of benzene rings is 1. The number of carbonyl (C=O) groups is 1. The van der Waals surface area contributed by atoms with Crippen LogP contribution in [-0.4, -0.2) is 29.3 Å². The van der Waals surface area contributed by atoms with Gasteiger partial charge < -0.3 is 4.90 Å². The summed E-state index contributed by atoms with van der Waals surface area (Å²) in [6, 6.07) is 1.00. The highest BCUT2D eigenvalue weighted by molar-refractivity contribution is 5.95. The minimum absolute atomic E-state index is 0.122. The Morgan fingerprint density at radius 2 is 2.17 bits per heavy atom. The predicted molar refractivity (Wildman–Crippen MR) is 58.8 cm³/mol. The van der Waals surface area contributed by atoms with E-state index in [-0.39, 0.29) is 6.54 Å². The van der Waals surface area contributed by atoms with Crippen LogP contribution < -0.4 is 0 Å². The SMILES string of the molecule is C#CCN(C)C(=O)c1cc(F)cc([N+](=O)[O-])c1F. The summed E-state index contributed by atoms with van der Waals surface area (Å²) in [4.78, 5) is 22.0. The summed E-state index contributed by atoms with van der Waals surface area (Å²) in [6.07, 6.45) is 4.97. The third kappa shape index (κ3) is 2.60. The molecule has 18 heavy (non-hydrogen) atoms. The molecular weight excluding hydrogens is 246 g/mol. The molecule has 0 atom stereocenters. The number of hydrogen-bond donors (Lipinski definition) is 0. The van der Waals surface area contributed by atoms with E-state index in [2.05, 4.69) is 5.92 Å². The molecule has 0 aliphatic carbocycles. The summed E-state index contributed by atoms with van der Waals surface area (Å²) in [5.74, 6) is -1.23. The van der Waals surface area contributed by atoms with Crippen molar-refractivity contribution in [1.29, 1.82) is 0 Å². The van der Waals surface area contributed by atoms with E-state index in [0.717, 1.165) is 4.90 Å². The van der Waals surface area contributed by atoms with Gasteiger partial charge in [-0.2, -0.15) is 4.39 Å². The minimum Gasteiger partial charge on any atom is -0.330 e. The maximum absolute atomic E-state index is 13.6. The highest BCUT2D eigenvalue weighted by atomic mass is 19.1. The van der Waals surface area contributed by atoms with Crippen LogP contribution in [0.4, 0.5) is 14.5 Å². The second-order valence-corrected chi connectivity index (χ2v) is 3.41. The molecule has 0 fully saturated rings. The van der Waals surface area contributed by atoms with E-state index in [1.165, 1.54) is 7.05 Å². The second kappa shape index (κ2) is 5.23. The van der Waals surface area contributed by atoms with E-state index in [9.17, 15) is 23.7 Å². The van der Waals surface area contributed by atoms with E-state index >= 15 is 0 Å². The Hall–Kier alpha value is -2.49. The fraction of sp³-hybridized carbons (Fsp3) is 0.182. The molecule has 94 valence electrons. The van der Waals surface area contributed by atoms with Crippen molar-refractivity contribution in [2.75, 3.05) is 13.6 Å². The van der Waals surface area contributed by atoms with Gasteiger partial charge in [0.25, 0.3) is 5.91 Å². The topological polar surface area (TPSA) is 63.5 Å². The molecule has 0 saturated carbocycles. The maximum Gasteiger partial charge on any atom is 0.308 e. The Kier molecular flexibility index (Phi) is 3.94. The summed E-state index contributed by atoms with van der Waals surface area (Å²) >= 11 is 0. The van der Waals surface area contributed by atoms with Crippen molar-refractivity contribution in [1.82, 2.24) is 4.90 Å². The molecular formula is C11H8F2N2O3. The molecule has 7 heteroatoms. The Labute approximate surface area is 101 Å². The highest BCUT2D eigenvalue weighted by Gasteiger charge is 2.25. The van der Waals surface area contributed by atoms with E-state index in [4.69, 9.17) is 6.42 Å². The summed E-state index contributed by atoms with van der Waals surface area (Å²) in [6.45, 7) is -0.122. The van der Waals surface area contributed by atoms with Gasteiger partial charge in [-0.1, -0.05) is 5.92 Å². The Morgan fingerprint density at radius 1 is 1.56 bits per heavy atom. The molecule has 0 aromatic heterocycles. The summed E-state index contributed by atoms with van der Waals surface area (Å²) in [7, 11) is 1.28. The van der Waals surface area contributed by atoms with Gasteiger partial charge in [-0.15, -0.1) is 6.42 Å². The molecule has 0 unspecified atom stereocenters. The van der Waals surface area contributed by atoms with Gasteiger partial charge in [0.2, 0.25) is 5.82 Å². The van der Waals surface area contributed by atoms with Gasteiger partial charge in [0.1, 0.15) is 5.82 Å². The first-order valence-corrected chi connectivity index (χ1v) is 4.70. The van der Waals surface area contributed by atoms with Gasteiger partial charge in [0, 0.05) is 7.05 Å². The highest BCUT2D eigenvalue weighted by Crippen LogP contribution is 2.23. The van der Waals surface area contributed by atoms with Crippen LogP contribution in [0.5, 0.6) is 0 Å². The van der Waals surface area contributed by atoms with E-state index in [1.807, 2.05) is 0 Å². The molecule has 0 spiro atoms. The normalized spacial score (nSPS) is 9.67. The molecule has 0 bridgehead atoms. The van der Waals surface area contributed by atoms with Crippen LogP contribution in [0.3, 0.4) is 0 Å². The lowest BCUT2D eigenvalue weighted by Gasteiger charge is -2.14. The number of nitro groups is 1. The summed E-state index contributed by atoms with van der Waals surface area (Å²) in [5, 5.41) is 10.5. The van der Waals surface area contributed by atoms with Crippen molar-refractivity contribution >= 4 is 11.6 Å². The van der Waals surface area contributed by atoms with Crippen LogP contribution in [0.15, 0.2) is 12.1 Å². The van der Waals surface area contributed by atoms with Crippen molar-refractivity contribution in [2.45, 2.75) is 0 Å². The minimum atomic E-state index is -1.38. The van der Waals surface area contributed by atoms with E-state index < -0.39 is 33.7 Å². The average molecular weight is 254 g/mol. The van der Waals surface area contributed by atoms with Crippen molar-refractivity contribution in [3.8, 4) is 12.3 Å². The first-order valence-electron chi connectivity index (χ1n) is 4.70. The number of amides is 1. The quantitative estimate of drug-likeness (QED) is 0.467. The number of carbonyl (C=O) groups excluding carboxylic acids is 1. The molecule has 1 aromatic carbocycles. The van der Waals surface area contributed by atoms with E-state index in [1.54, 1.807) is 0 Å². The number of halogens is 2. The lowest BCUT2D eigenvalue weighted by atomic mass is 10.1. The number of terminal acetylenes is 1. The first kappa shape index (κ1) is 13.6. The van der Waals surface area contributed by atoms with Crippen molar-refractivity contribution in [2.24, 2.45) is 0 Å². The van der Waals surface area contributed by atoms with Crippen LogP contribution in [0.1, 0.15) is 10.4 Å². The molecule has 0 radical (unpaired) electrons. The molecule has 0 aliphatic heterocycles. The lowest BCUT2D eigenvalue weighted by Crippen LogP contribution is -2.28. The lowest BCUT2D eigenvalue weighted by molar-refractivity contribution is -0.387. The third-order valence-electron chi connectivity index (χ3n) is 2.12. The summed E-state index contributed by atoms with van der Waals surface area (Å²) < 4.78 is 26.7. The molecule has 0 saturated heterocycles. The summed E-state index contributed by atoms with van der Waals surface area (Å²) in [5.41, 5.74) is -1.81. The molecule has 0 heterocycles. The zero-order chi connectivity index (χ0) is 13.9. The van der Waals surface area contributed by atoms with Gasteiger partial charge in [-0.3, -0.25) is 14.9 Å². The van der Waals surface area contributed by atoms with Crippen LogP contribution >= 0.6 is 0 Å². The van der Waals surface area contributed by atoms with Crippen molar-refractivity contribution < 1.29 is 18.5 Å². The maximum atomic E-state index is 13.6. The number of nitrogens with zero attached hydrogens (tertiary/aromatic N) is 2. The van der Waals surface area contributed by atoms with Crippen LogP contribution in [0.25, 0.3) is 0 Å². The predicted octanol–water partition coefficient (Wildman–Crippen LogP) is 1.58. The zero-order valence-corrected chi connectivity index (χ0v) is 9.31. The largest absolute Gasteiger partial charge is 0.330 e.